The van der Waals surface area contributed by atoms with Crippen molar-refractivity contribution in [2.24, 2.45) is 11.1 Å². The number of rotatable bonds is 4. The molecule has 2 N–H and O–H groups in total. The van der Waals surface area contributed by atoms with Crippen LogP contribution in [0.25, 0.3) is 11.1 Å². The van der Waals surface area contributed by atoms with E-state index in [0.29, 0.717) is 17.7 Å². The molecule has 0 bridgehead atoms. The van der Waals surface area contributed by atoms with Crippen molar-refractivity contribution >= 4 is 17.0 Å². The van der Waals surface area contributed by atoms with E-state index in [1.54, 1.807) is 23.1 Å². The molecule has 5 nitrogen and oxygen atoms in total. The molecular weight excluding hydrogens is 242 g/mol. The van der Waals surface area contributed by atoms with Gasteiger partial charge in [0.05, 0.1) is 0 Å². The summed E-state index contributed by atoms with van der Waals surface area (Å²) in [7, 11) is 1.82. The largest absolute Gasteiger partial charge is 0.443 e. The Bertz CT molecular complexity index is 616. The van der Waals surface area contributed by atoms with Gasteiger partial charge in [-0.15, -0.1) is 0 Å². The molecule has 1 fully saturated rings. The zero-order valence-electron chi connectivity index (χ0n) is 10.9. The summed E-state index contributed by atoms with van der Waals surface area (Å²) in [5.74, 6) is -0.00183. The molecule has 1 aromatic carbocycles. The second-order valence-corrected chi connectivity index (χ2v) is 5.40. The number of amides is 1. The lowest BCUT2D eigenvalue weighted by molar-refractivity contribution is 0.0766. The summed E-state index contributed by atoms with van der Waals surface area (Å²) in [6.07, 6.45) is 3.61. The zero-order chi connectivity index (χ0) is 13.5. The highest BCUT2D eigenvalue weighted by atomic mass is 16.3. The van der Waals surface area contributed by atoms with Crippen molar-refractivity contribution in [1.82, 2.24) is 9.88 Å². The molecule has 19 heavy (non-hydrogen) atoms. The van der Waals surface area contributed by atoms with E-state index in [1.807, 2.05) is 7.05 Å². The predicted molar refractivity (Wildman–Crippen MR) is 71.7 cm³/mol. The summed E-state index contributed by atoms with van der Waals surface area (Å²) < 4.78 is 5.22. The van der Waals surface area contributed by atoms with Gasteiger partial charge in [0, 0.05) is 24.6 Å². The fourth-order valence-electron chi connectivity index (χ4n) is 2.39. The standard InChI is InChI=1S/C14H17N3O2/c1-17(8-14(7-15)4-5-14)13(18)10-2-3-11-12(6-10)19-9-16-11/h2-3,6,9H,4-5,7-8,15H2,1H3. The quantitative estimate of drug-likeness (QED) is 0.906. The third-order valence-corrected chi connectivity index (χ3v) is 3.89. The van der Waals surface area contributed by atoms with Crippen LogP contribution in [0.3, 0.4) is 0 Å². The smallest absolute Gasteiger partial charge is 0.253 e. The first-order chi connectivity index (χ1) is 9.13. The highest BCUT2D eigenvalue weighted by molar-refractivity contribution is 5.96. The lowest BCUT2D eigenvalue weighted by atomic mass is 10.1. The average molecular weight is 259 g/mol. The van der Waals surface area contributed by atoms with Gasteiger partial charge in [0.2, 0.25) is 0 Å². The Kier molecular flexibility index (Phi) is 2.78. The number of nitrogens with two attached hydrogens (primary N) is 1. The van der Waals surface area contributed by atoms with E-state index in [2.05, 4.69) is 4.98 Å². The molecule has 0 radical (unpaired) electrons. The summed E-state index contributed by atoms with van der Waals surface area (Å²) in [5.41, 5.74) is 7.94. The Morgan fingerprint density at radius 3 is 3.00 bits per heavy atom. The average Bonchev–Trinajstić information content (AvgIpc) is 3.04. The molecule has 3 rings (SSSR count). The first kappa shape index (κ1) is 12.2. The van der Waals surface area contributed by atoms with Gasteiger partial charge in [-0.25, -0.2) is 4.98 Å². The number of oxazole rings is 1. The fraction of sp³-hybridized carbons (Fsp3) is 0.429. The zero-order valence-corrected chi connectivity index (χ0v) is 10.9. The molecule has 100 valence electrons. The highest BCUT2D eigenvalue weighted by Gasteiger charge is 2.42. The Labute approximate surface area is 111 Å². The molecule has 0 saturated heterocycles. The molecule has 1 heterocycles. The van der Waals surface area contributed by atoms with Crippen molar-refractivity contribution in [2.75, 3.05) is 20.1 Å². The molecule has 1 amide bonds. The van der Waals surface area contributed by atoms with Crippen LogP contribution in [0.4, 0.5) is 0 Å². The van der Waals surface area contributed by atoms with Gasteiger partial charge in [-0.2, -0.15) is 0 Å². The summed E-state index contributed by atoms with van der Waals surface area (Å²) in [6.45, 7) is 1.36. The van der Waals surface area contributed by atoms with Gasteiger partial charge in [0.1, 0.15) is 5.52 Å². The van der Waals surface area contributed by atoms with Crippen molar-refractivity contribution in [3.63, 3.8) is 0 Å². The van der Waals surface area contributed by atoms with Crippen LogP contribution in [-0.4, -0.2) is 35.9 Å². The van der Waals surface area contributed by atoms with Crippen molar-refractivity contribution in [1.29, 1.82) is 0 Å². The predicted octanol–water partition coefficient (Wildman–Crippen LogP) is 1.64. The maximum absolute atomic E-state index is 12.4. The van der Waals surface area contributed by atoms with Crippen molar-refractivity contribution in [2.45, 2.75) is 12.8 Å². The maximum atomic E-state index is 12.4. The Morgan fingerprint density at radius 1 is 1.53 bits per heavy atom. The number of hydrogen-bond acceptors (Lipinski definition) is 4. The number of nitrogens with zero attached hydrogens (tertiary/aromatic N) is 2. The van der Waals surface area contributed by atoms with E-state index in [1.165, 1.54) is 6.39 Å². The Balaban J connectivity index is 1.78. The van der Waals surface area contributed by atoms with Gasteiger partial charge >= 0.3 is 0 Å². The van der Waals surface area contributed by atoms with E-state index in [9.17, 15) is 4.79 Å². The molecule has 0 unspecified atom stereocenters. The third-order valence-electron chi connectivity index (χ3n) is 3.89. The Morgan fingerprint density at radius 2 is 2.32 bits per heavy atom. The van der Waals surface area contributed by atoms with Gasteiger partial charge in [0.15, 0.2) is 12.0 Å². The lowest BCUT2D eigenvalue weighted by Crippen LogP contribution is -2.35. The molecule has 1 saturated carbocycles. The molecule has 5 heteroatoms. The number of hydrogen-bond donors (Lipinski definition) is 1. The van der Waals surface area contributed by atoms with E-state index >= 15 is 0 Å². The SMILES string of the molecule is CN(CC1(CN)CC1)C(=O)c1ccc2ncoc2c1. The molecule has 1 aliphatic carbocycles. The van der Waals surface area contributed by atoms with Crippen LogP contribution in [0.5, 0.6) is 0 Å². The van der Waals surface area contributed by atoms with E-state index in [4.69, 9.17) is 10.2 Å². The molecule has 2 aromatic rings. The van der Waals surface area contributed by atoms with Crippen LogP contribution in [0.2, 0.25) is 0 Å². The van der Waals surface area contributed by atoms with Gasteiger partial charge in [0.25, 0.3) is 5.91 Å². The first-order valence-electron chi connectivity index (χ1n) is 6.42. The van der Waals surface area contributed by atoms with Gasteiger partial charge < -0.3 is 15.1 Å². The number of aromatic nitrogens is 1. The van der Waals surface area contributed by atoms with E-state index < -0.39 is 0 Å². The number of carbonyl (C=O) groups excluding carboxylic acids is 1. The minimum Gasteiger partial charge on any atom is -0.443 e. The van der Waals surface area contributed by atoms with Crippen LogP contribution < -0.4 is 5.73 Å². The summed E-state index contributed by atoms with van der Waals surface area (Å²) in [5, 5.41) is 0. The molecule has 1 aromatic heterocycles. The van der Waals surface area contributed by atoms with Crippen LogP contribution >= 0.6 is 0 Å². The third kappa shape index (κ3) is 2.21. The monoisotopic (exact) mass is 259 g/mol. The van der Waals surface area contributed by atoms with Crippen LogP contribution in [0.1, 0.15) is 23.2 Å². The van der Waals surface area contributed by atoms with Crippen molar-refractivity contribution in [3.05, 3.63) is 30.2 Å². The summed E-state index contributed by atoms with van der Waals surface area (Å²) in [4.78, 5) is 18.1. The number of fused-ring (bicyclic) bond motifs is 1. The van der Waals surface area contributed by atoms with Crippen LogP contribution in [-0.2, 0) is 0 Å². The van der Waals surface area contributed by atoms with Crippen molar-refractivity contribution in [3.8, 4) is 0 Å². The first-order valence-corrected chi connectivity index (χ1v) is 6.42. The summed E-state index contributed by atoms with van der Waals surface area (Å²) >= 11 is 0. The second kappa shape index (κ2) is 4.35. The lowest BCUT2D eigenvalue weighted by Gasteiger charge is -2.22. The molecule has 0 spiro atoms. The van der Waals surface area contributed by atoms with Gasteiger partial charge in [-0.3, -0.25) is 4.79 Å². The molecule has 0 aliphatic heterocycles. The van der Waals surface area contributed by atoms with Gasteiger partial charge in [-0.05, 0) is 37.6 Å². The molecule has 0 atom stereocenters. The second-order valence-electron chi connectivity index (χ2n) is 5.40. The fourth-order valence-corrected chi connectivity index (χ4v) is 2.39. The van der Waals surface area contributed by atoms with Gasteiger partial charge in [-0.1, -0.05) is 0 Å². The molecular formula is C14H17N3O2. The van der Waals surface area contributed by atoms with Crippen molar-refractivity contribution < 1.29 is 9.21 Å². The topological polar surface area (TPSA) is 72.4 Å². The summed E-state index contributed by atoms with van der Waals surface area (Å²) in [6, 6.07) is 5.32. The highest BCUT2D eigenvalue weighted by Crippen LogP contribution is 2.45. The minimum absolute atomic E-state index is 0.00183. The Hall–Kier alpha value is -1.88. The number of carbonyl (C=O) groups is 1. The number of benzene rings is 1. The van der Waals surface area contributed by atoms with Crippen LogP contribution in [0, 0.1) is 5.41 Å². The van der Waals surface area contributed by atoms with E-state index in [0.717, 1.165) is 24.9 Å². The maximum Gasteiger partial charge on any atom is 0.253 e. The van der Waals surface area contributed by atoms with E-state index in [-0.39, 0.29) is 11.3 Å². The van der Waals surface area contributed by atoms with Crippen LogP contribution in [0.15, 0.2) is 29.0 Å². The molecule has 1 aliphatic rings. The normalized spacial score (nSPS) is 16.5. The minimum atomic E-state index is -0.00183.